The van der Waals surface area contributed by atoms with Crippen LogP contribution in [0.25, 0.3) is 10.9 Å². The number of benzene rings is 2. The predicted molar refractivity (Wildman–Crippen MR) is 115 cm³/mol. The molecule has 4 N–H and O–H groups in total. The minimum absolute atomic E-state index is 0.125. The number of amides is 3. The van der Waals surface area contributed by atoms with Gasteiger partial charge >= 0.3 is 6.03 Å². The maximum atomic E-state index is 12.9. The lowest BCUT2D eigenvalue weighted by molar-refractivity contribution is 0.102. The summed E-state index contributed by atoms with van der Waals surface area (Å²) < 4.78 is 0. The highest BCUT2D eigenvalue weighted by molar-refractivity contribution is 6.07. The van der Waals surface area contributed by atoms with Crippen molar-refractivity contribution in [2.75, 3.05) is 16.8 Å². The van der Waals surface area contributed by atoms with Gasteiger partial charge in [-0.05, 0) is 79.6 Å². The van der Waals surface area contributed by atoms with Crippen LogP contribution in [0.5, 0.6) is 0 Å². The Hall–Kier alpha value is -3.28. The molecule has 0 radical (unpaired) electrons. The van der Waals surface area contributed by atoms with Gasteiger partial charge in [0.25, 0.3) is 5.91 Å². The number of anilines is 2. The Bertz CT molecular complexity index is 1130. The molecular formula is C23H24N4O2. The number of rotatable bonds is 2. The minimum atomic E-state index is -0.445. The normalized spacial score (nSPS) is 15.7. The van der Waals surface area contributed by atoms with Crippen molar-refractivity contribution in [1.82, 2.24) is 4.98 Å². The van der Waals surface area contributed by atoms with Crippen molar-refractivity contribution in [3.05, 3.63) is 58.8 Å². The molecule has 5 rings (SSSR count). The zero-order valence-electron chi connectivity index (χ0n) is 16.3. The minimum Gasteiger partial charge on any atom is -0.358 e. The Kier molecular flexibility index (Phi) is 4.27. The van der Waals surface area contributed by atoms with Crippen LogP contribution in [0.15, 0.2) is 36.4 Å². The fourth-order valence-electron chi connectivity index (χ4n) is 4.64. The number of H-pyrrole nitrogens is 1. The molecule has 0 bridgehead atoms. The van der Waals surface area contributed by atoms with Crippen molar-refractivity contribution in [3.8, 4) is 0 Å². The van der Waals surface area contributed by atoms with Crippen molar-refractivity contribution in [1.29, 1.82) is 0 Å². The van der Waals surface area contributed by atoms with Gasteiger partial charge in [0.05, 0.1) is 0 Å². The molecule has 3 amide bonds. The summed E-state index contributed by atoms with van der Waals surface area (Å²) in [4.78, 5) is 29.5. The number of urea groups is 1. The molecular weight excluding hydrogens is 364 g/mol. The number of nitrogens with one attached hydrogen (secondary N) is 2. The average molecular weight is 388 g/mol. The molecule has 0 atom stereocenters. The summed E-state index contributed by atoms with van der Waals surface area (Å²) in [5, 5.41) is 4.16. The molecule has 1 aliphatic carbocycles. The van der Waals surface area contributed by atoms with E-state index in [1.54, 1.807) is 4.90 Å². The van der Waals surface area contributed by atoms with E-state index in [2.05, 4.69) is 10.3 Å². The zero-order valence-corrected chi connectivity index (χ0v) is 16.3. The van der Waals surface area contributed by atoms with E-state index in [1.165, 1.54) is 35.9 Å². The van der Waals surface area contributed by atoms with Crippen molar-refractivity contribution >= 4 is 34.2 Å². The highest BCUT2D eigenvalue weighted by Gasteiger charge is 2.23. The number of hydrogen-bond acceptors (Lipinski definition) is 2. The summed E-state index contributed by atoms with van der Waals surface area (Å²) in [5.74, 6) is -0.125. The molecule has 2 aliphatic rings. The van der Waals surface area contributed by atoms with Gasteiger partial charge in [-0.1, -0.05) is 6.42 Å². The molecule has 0 saturated carbocycles. The molecule has 1 aromatic heterocycles. The van der Waals surface area contributed by atoms with E-state index in [0.29, 0.717) is 12.1 Å². The fourth-order valence-corrected chi connectivity index (χ4v) is 4.64. The molecule has 29 heavy (non-hydrogen) atoms. The molecule has 0 fully saturated rings. The van der Waals surface area contributed by atoms with Gasteiger partial charge in [0, 0.05) is 40.1 Å². The number of carbonyl (C=O) groups excluding carboxylic acids is 2. The van der Waals surface area contributed by atoms with Gasteiger partial charge in [-0.2, -0.15) is 0 Å². The summed E-state index contributed by atoms with van der Waals surface area (Å²) >= 11 is 0. The van der Waals surface area contributed by atoms with Gasteiger partial charge < -0.3 is 16.0 Å². The highest BCUT2D eigenvalue weighted by atomic mass is 16.2. The van der Waals surface area contributed by atoms with Crippen LogP contribution in [0.1, 0.15) is 46.4 Å². The number of primary amides is 1. The SMILES string of the molecule is NC(=O)N1CCc2cc(NC(=O)c3ccc4[nH]c5c(c4c3)CCCCC5)ccc21. The maximum absolute atomic E-state index is 12.9. The second kappa shape index (κ2) is 6.95. The van der Waals surface area contributed by atoms with Crippen LogP contribution < -0.4 is 16.0 Å². The van der Waals surface area contributed by atoms with Gasteiger partial charge in [0.15, 0.2) is 0 Å². The summed E-state index contributed by atoms with van der Waals surface area (Å²) in [5.41, 5.74) is 12.5. The van der Waals surface area contributed by atoms with Gasteiger partial charge in [-0.3, -0.25) is 9.69 Å². The van der Waals surface area contributed by atoms with E-state index in [9.17, 15) is 9.59 Å². The maximum Gasteiger partial charge on any atom is 0.319 e. The number of fused-ring (bicyclic) bond motifs is 4. The number of carbonyl (C=O) groups is 2. The van der Waals surface area contributed by atoms with Gasteiger partial charge in [-0.15, -0.1) is 0 Å². The first-order valence-electron chi connectivity index (χ1n) is 10.2. The molecule has 0 spiro atoms. The molecule has 6 heteroatoms. The average Bonchev–Trinajstić information content (AvgIpc) is 3.20. The third kappa shape index (κ3) is 3.14. The van der Waals surface area contributed by atoms with Crippen molar-refractivity contribution in [2.24, 2.45) is 5.73 Å². The predicted octanol–water partition coefficient (Wildman–Crippen LogP) is 4.13. The van der Waals surface area contributed by atoms with E-state index in [0.717, 1.165) is 41.7 Å². The molecule has 0 unspecified atom stereocenters. The molecule has 2 heterocycles. The molecule has 148 valence electrons. The standard InChI is InChI=1S/C23H24N4O2/c24-23(29)27-11-10-14-12-16(7-9-21(14)27)25-22(28)15-6-8-20-18(13-15)17-4-2-1-3-5-19(17)26-20/h6-9,12-13,26H,1-5,10-11H2,(H2,24,29)(H,25,28). The summed E-state index contributed by atoms with van der Waals surface area (Å²) in [6.07, 6.45) is 6.58. The van der Waals surface area contributed by atoms with Crippen molar-refractivity contribution in [3.63, 3.8) is 0 Å². The second-order valence-corrected chi connectivity index (χ2v) is 7.94. The Morgan fingerprint density at radius 3 is 2.72 bits per heavy atom. The van der Waals surface area contributed by atoms with E-state index in [1.807, 2.05) is 36.4 Å². The molecule has 3 aromatic rings. The lowest BCUT2D eigenvalue weighted by Gasteiger charge is -2.14. The Morgan fingerprint density at radius 1 is 1.00 bits per heavy atom. The lowest BCUT2D eigenvalue weighted by atomic mass is 10.0. The zero-order chi connectivity index (χ0) is 20.0. The van der Waals surface area contributed by atoms with E-state index < -0.39 is 6.03 Å². The number of aryl methyl sites for hydroxylation is 2. The Labute approximate surface area is 169 Å². The summed E-state index contributed by atoms with van der Waals surface area (Å²) in [7, 11) is 0. The van der Waals surface area contributed by atoms with Crippen LogP contribution in [0.2, 0.25) is 0 Å². The molecule has 1 aliphatic heterocycles. The third-order valence-electron chi connectivity index (χ3n) is 6.11. The quantitative estimate of drug-likeness (QED) is 0.576. The molecule has 2 aromatic carbocycles. The second-order valence-electron chi connectivity index (χ2n) is 7.94. The van der Waals surface area contributed by atoms with E-state index in [-0.39, 0.29) is 5.91 Å². The van der Waals surface area contributed by atoms with Crippen LogP contribution in [0, 0.1) is 0 Å². The van der Waals surface area contributed by atoms with E-state index >= 15 is 0 Å². The van der Waals surface area contributed by atoms with Crippen LogP contribution >= 0.6 is 0 Å². The summed E-state index contributed by atoms with van der Waals surface area (Å²) in [6.45, 7) is 0.581. The Balaban J connectivity index is 1.40. The van der Waals surface area contributed by atoms with Crippen molar-refractivity contribution < 1.29 is 9.59 Å². The van der Waals surface area contributed by atoms with Gasteiger partial charge in [0.1, 0.15) is 0 Å². The number of aromatic nitrogens is 1. The number of nitrogens with two attached hydrogens (primary N) is 1. The van der Waals surface area contributed by atoms with Gasteiger partial charge in [-0.25, -0.2) is 4.79 Å². The topological polar surface area (TPSA) is 91.2 Å². The third-order valence-corrected chi connectivity index (χ3v) is 6.11. The Morgan fingerprint density at radius 2 is 1.86 bits per heavy atom. The highest BCUT2D eigenvalue weighted by Crippen LogP contribution is 2.31. The largest absolute Gasteiger partial charge is 0.358 e. The lowest BCUT2D eigenvalue weighted by Crippen LogP contribution is -2.33. The number of nitrogens with zero attached hydrogens (tertiary/aromatic N) is 1. The number of hydrogen-bond donors (Lipinski definition) is 3. The van der Waals surface area contributed by atoms with Crippen molar-refractivity contribution in [2.45, 2.75) is 38.5 Å². The van der Waals surface area contributed by atoms with Crippen LogP contribution in [0.4, 0.5) is 16.2 Å². The first kappa shape index (κ1) is 17.8. The van der Waals surface area contributed by atoms with Crippen LogP contribution in [-0.4, -0.2) is 23.5 Å². The van der Waals surface area contributed by atoms with E-state index in [4.69, 9.17) is 5.73 Å². The fraction of sp³-hybridized carbons (Fsp3) is 0.304. The van der Waals surface area contributed by atoms with Gasteiger partial charge in [0.2, 0.25) is 0 Å². The molecule has 0 saturated heterocycles. The monoisotopic (exact) mass is 388 g/mol. The first-order chi connectivity index (χ1) is 14.1. The smallest absolute Gasteiger partial charge is 0.319 e. The van der Waals surface area contributed by atoms with Crippen LogP contribution in [0.3, 0.4) is 0 Å². The van der Waals surface area contributed by atoms with Crippen LogP contribution in [-0.2, 0) is 19.3 Å². The first-order valence-corrected chi connectivity index (χ1v) is 10.2. The number of aromatic amines is 1. The summed E-state index contributed by atoms with van der Waals surface area (Å²) in [6, 6.07) is 11.0. The molecule has 6 nitrogen and oxygen atoms in total.